The number of hydrogen-bond acceptors (Lipinski definition) is 4. The first-order valence-electron chi connectivity index (χ1n) is 12.6. The molecule has 2 aromatic heterocycles. The molecule has 0 spiro atoms. The highest BCUT2D eigenvalue weighted by Gasteiger charge is 2.53. The first-order valence-corrected chi connectivity index (χ1v) is 12.6. The third-order valence-corrected chi connectivity index (χ3v) is 8.79. The number of amides is 1. The Morgan fingerprint density at radius 3 is 2.35 bits per heavy atom. The molecule has 0 unspecified atom stereocenters. The van der Waals surface area contributed by atoms with Gasteiger partial charge in [-0.3, -0.25) is 4.79 Å². The Labute approximate surface area is 197 Å². The molecule has 9 heteroatoms. The SMILES string of the molecule is CC1(C)CNCCCN1C(=O)c1cc2nc(C34CC5CC(CC(C5)C3)C4)cc(C(F)(F)F)n2n1. The normalized spacial score (nSPS) is 32.9. The summed E-state index contributed by atoms with van der Waals surface area (Å²) in [5, 5.41) is 7.48. The minimum atomic E-state index is -4.59. The van der Waals surface area contributed by atoms with Crippen LogP contribution in [-0.4, -0.2) is 50.6 Å². The number of carbonyl (C=O) groups excluding carboxylic acids is 1. The lowest BCUT2D eigenvalue weighted by atomic mass is 9.49. The highest BCUT2D eigenvalue weighted by molar-refractivity contribution is 5.94. The molecule has 1 saturated heterocycles. The largest absolute Gasteiger partial charge is 0.433 e. The number of carbonyl (C=O) groups is 1. The zero-order chi connectivity index (χ0) is 23.9. The standard InChI is InChI=1S/C25H32F3N5O/c1-23(2)14-29-4-3-5-32(23)22(34)18-9-21-30-19(10-20(25(26,27)28)33(21)31-18)24-11-15-6-16(12-24)8-17(7-15)13-24/h9-10,15-17,29H,3-8,11-14H2,1-2H3. The third-order valence-electron chi connectivity index (χ3n) is 8.79. The number of fused-ring (bicyclic) bond motifs is 1. The van der Waals surface area contributed by atoms with E-state index < -0.39 is 17.4 Å². The molecular formula is C25H32F3N5O. The molecule has 4 saturated carbocycles. The average Bonchev–Trinajstić information content (AvgIpc) is 3.09. The Hall–Kier alpha value is -2.16. The van der Waals surface area contributed by atoms with Gasteiger partial charge in [-0.15, -0.1) is 0 Å². The van der Waals surface area contributed by atoms with Crippen molar-refractivity contribution < 1.29 is 18.0 Å². The smallest absolute Gasteiger partial charge is 0.331 e. The molecule has 4 aliphatic carbocycles. The van der Waals surface area contributed by atoms with Crippen molar-refractivity contribution in [1.29, 1.82) is 0 Å². The van der Waals surface area contributed by atoms with E-state index in [1.807, 2.05) is 13.8 Å². The van der Waals surface area contributed by atoms with Crippen molar-refractivity contribution in [3.63, 3.8) is 0 Å². The summed E-state index contributed by atoms with van der Waals surface area (Å²) in [7, 11) is 0. The molecule has 0 aromatic carbocycles. The van der Waals surface area contributed by atoms with Crippen molar-refractivity contribution in [2.24, 2.45) is 17.8 Å². The molecule has 4 bridgehead atoms. The van der Waals surface area contributed by atoms with E-state index in [9.17, 15) is 18.0 Å². The maximum absolute atomic E-state index is 14.2. The Morgan fingerprint density at radius 2 is 1.74 bits per heavy atom. The van der Waals surface area contributed by atoms with Crippen molar-refractivity contribution >= 4 is 11.6 Å². The van der Waals surface area contributed by atoms with E-state index in [0.717, 1.165) is 36.7 Å². The maximum Gasteiger partial charge on any atom is 0.433 e. The van der Waals surface area contributed by atoms with Gasteiger partial charge in [0.1, 0.15) is 5.69 Å². The predicted octanol–water partition coefficient (Wildman–Crippen LogP) is 4.43. The average molecular weight is 476 g/mol. The molecule has 184 valence electrons. The van der Waals surface area contributed by atoms with Crippen LogP contribution < -0.4 is 5.32 Å². The van der Waals surface area contributed by atoms with Crippen LogP contribution in [0.1, 0.15) is 80.7 Å². The summed E-state index contributed by atoms with van der Waals surface area (Å²) in [6.07, 6.45) is 2.59. The lowest BCUT2D eigenvalue weighted by molar-refractivity contribution is -0.142. The molecule has 34 heavy (non-hydrogen) atoms. The van der Waals surface area contributed by atoms with Crippen molar-refractivity contribution in [2.75, 3.05) is 19.6 Å². The summed E-state index contributed by atoms with van der Waals surface area (Å²) >= 11 is 0. The summed E-state index contributed by atoms with van der Waals surface area (Å²) < 4.78 is 43.5. The number of rotatable bonds is 2. The van der Waals surface area contributed by atoms with E-state index in [2.05, 4.69) is 10.4 Å². The second kappa shape index (κ2) is 7.42. The van der Waals surface area contributed by atoms with Gasteiger partial charge in [0.25, 0.3) is 5.91 Å². The minimum absolute atomic E-state index is 0.0237. The van der Waals surface area contributed by atoms with E-state index in [0.29, 0.717) is 36.5 Å². The molecule has 7 rings (SSSR count). The topological polar surface area (TPSA) is 62.5 Å². The quantitative estimate of drug-likeness (QED) is 0.698. The van der Waals surface area contributed by atoms with Crippen LogP contribution in [0.5, 0.6) is 0 Å². The lowest BCUT2D eigenvalue weighted by Crippen LogP contribution is -2.51. The highest BCUT2D eigenvalue weighted by Crippen LogP contribution is 2.60. The van der Waals surface area contributed by atoms with Gasteiger partial charge in [-0.05, 0) is 89.2 Å². The zero-order valence-electron chi connectivity index (χ0n) is 19.8. The van der Waals surface area contributed by atoms with Gasteiger partial charge in [-0.1, -0.05) is 0 Å². The fourth-order valence-electron chi connectivity index (χ4n) is 7.65. The fourth-order valence-corrected chi connectivity index (χ4v) is 7.65. The van der Waals surface area contributed by atoms with Gasteiger partial charge >= 0.3 is 6.18 Å². The van der Waals surface area contributed by atoms with Crippen molar-refractivity contribution in [1.82, 2.24) is 24.8 Å². The molecule has 1 aliphatic heterocycles. The second-order valence-corrected chi connectivity index (χ2v) is 11.8. The van der Waals surface area contributed by atoms with Crippen molar-refractivity contribution in [3.8, 4) is 0 Å². The highest BCUT2D eigenvalue weighted by atomic mass is 19.4. The summed E-state index contributed by atoms with van der Waals surface area (Å²) in [4.78, 5) is 19.9. The molecule has 0 radical (unpaired) electrons. The van der Waals surface area contributed by atoms with Gasteiger partial charge in [0.15, 0.2) is 11.3 Å². The predicted molar refractivity (Wildman–Crippen MR) is 120 cm³/mol. The summed E-state index contributed by atoms with van der Waals surface area (Å²) in [5.74, 6) is 1.45. The second-order valence-electron chi connectivity index (χ2n) is 11.8. The van der Waals surface area contributed by atoms with Crippen LogP contribution in [0.2, 0.25) is 0 Å². The van der Waals surface area contributed by atoms with Crippen molar-refractivity contribution in [3.05, 3.63) is 29.2 Å². The van der Waals surface area contributed by atoms with Gasteiger partial charge in [-0.2, -0.15) is 18.3 Å². The first-order chi connectivity index (χ1) is 16.0. The van der Waals surface area contributed by atoms with Crippen LogP contribution in [0.15, 0.2) is 12.1 Å². The fraction of sp³-hybridized carbons (Fsp3) is 0.720. The Balaban J connectivity index is 1.44. The summed E-state index contributed by atoms with van der Waals surface area (Å²) in [5.41, 5.74) is -0.883. The first kappa shape index (κ1) is 22.3. The molecule has 5 aliphatic rings. The molecule has 1 N–H and O–H groups in total. The number of aromatic nitrogens is 3. The monoisotopic (exact) mass is 475 g/mol. The number of nitrogens with one attached hydrogen (secondary N) is 1. The third kappa shape index (κ3) is 3.53. The van der Waals surface area contributed by atoms with E-state index in [1.165, 1.54) is 31.4 Å². The molecular weight excluding hydrogens is 443 g/mol. The zero-order valence-corrected chi connectivity index (χ0v) is 19.8. The molecule has 6 nitrogen and oxygen atoms in total. The van der Waals surface area contributed by atoms with E-state index >= 15 is 0 Å². The maximum atomic E-state index is 14.2. The summed E-state index contributed by atoms with van der Waals surface area (Å²) in [6.45, 7) is 5.87. The molecule has 1 amide bonds. The molecule has 0 atom stereocenters. The van der Waals surface area contributed by atoms with Crippen LogP contribution in [0.25, 0.3) is 5.65 Å². The van der Waals surface area contributed by atoms with Gasteiger partial charge in [0, 0.05) is 24.6 Å². The number of hydrogen-bond donors (Lipinski definition) is 1. The van der Waals surface area contributed by atoms with Gasteiger partial charge < -0.3 is 10.2 Å². The van der Waals surface area contributed by atoms with E-state index in [4.69, 9.17) is 4.98 Å². The van der Waals surface area contributed by atoms with Gasteiger partial charge in [0.05, 0.1) is 11.2 Å². The lowest BCUT2D eigenvalue weighted by Gasteiger charge is -2.56. The van der Waals surface area contributed by atoms with Crippen LogP contribution in [0.4, 0.5) is 13.2 Å². The van der Waals surface area contributed by atoms with Crippen LogP contribution in [0, 0.1) is 17.8 Å². The molecule has 5 fully saturated rings. The molecule has 2 aromatic rings. The van der Waals surface area contributed by atoms with Crippen LogP contribution in [0.3, 0.4) is 0 Å². The van der Waals surface area contributed by atoms with E-state index in [-0.39, 0.29) is 22.7 Å². The Morgan fingerprint density at radius 1 is 1.09 bits per heavy atom. The van der Waals surface area contributed by atoms with Crippen molar-refractivity contribution in [2.45, 2.75) is 75.9 Å². The van der Waals surface area contributed by atoms with E-state index in [1.54, 1.807) is 4.90 Å². The number of nitrogens with zero attached hydrogens (tertiary/aromatic N) is 4. The van der Waals surface area contributed by atoms with Crippen LogP contribution >= 0.6 is 0 Å². The Bertz CT molecular complexity index is 1100. The number of alkyl halides is 3. The van der Waals surface area contributed by atoms with Gasteiger partial charge in [-0.25, -0.2) is 9.50 Å². The summed E-state index contributed by atoms with van der Waals surface area (Å²) in [6, 6.07) is 2.68. The number of halogens is 3. The van der Waals surface area contributed by atoms with Crippen LogP contribution in [-0.2, 0) is 11.6 Å². The van der Waals surface area contributed by atoms with Gasteiger partial charge in [0.2, 0.25) is 0 Å². The molecule has 3 heterocycles. The minimum Gasteiger partial charge on any atom is -0.331 e. The Kier molecular flexibility index (Phi) is 4.87.